The molecule has 1 atom stereocenters. The zero-order chi connectivity index (χ0) is 11.1. The van der Waals surface area contributed by atoms with E-state index in [1.165, 1.54) is 0 Å². The van der Waals surface area contributed by atoms with E-state index in [-0.39, 0.29) is 6.10 Å². The van der Waals surface area contributed by atoms with Gasteiger partial charge in [-0.1, -0.05) is 35.9 Å². The van der Waals surface area contributed by atoms with Gasteiger partial charge in [0.05, 0.1) is 12.7 Å². The third kappa shape index (κ3) is 4.28. The topological polar surface area (TPSA) is 35.2 Å². The lowest BCUT2D eigenvalue weighted by Crippen LogP contribution is -2.16. The van der Waals surface area contributed by atoms with Gasteiger partial charge in [-0.3, -0.25) is 0 Å². The molecule has 0 aromatic heterocycles. The predicted molar refractivity (Wildman–Crippen MR) is 63.6 cm³/mol. The Labute approximate surface area is 91.7 Å². The molecular formula is C13H19NO. The lowest BCUT2D eigenvalue weighted by molar-refractivity contribution is 0.0609. The summed E-state index contributed by atoms with van der Waals surface area (Å²) in [6.45, 7) is 7.04. The first-order valence-electron chi connectivity index (χ1n) is 5.25. The summed E-state index contributed by atoms with van der Waals surface area (Å²) in [5.41, 5.74) is 7.95. The van der Waals surface area contributed by atoms with Crippen molar-refractivity contribution in [2.75, 3.05) is 13.2 Å². The van der Waals surface area contributed by atoms with Crippen molar-refractivity contribution in [2.24, 2.45) is 5.73 Å². The highest BCUT2D eigenvalue weighted by atomic mass is 16.5. The average Bonchev–Trinajstić information content (AvgIpc) is 2.25. The van der Waals surface area contributed by atoms with Crippen molar-refractivity contribution < 1.29 is 4.74 Å². The van der Waals surface area contributed by atoms with Crippen LogP contribution in [0.25, 0.3) is 0 Å². The van der Waals surface area contributed by atoms with Gasteiger partial charge in [0.25, 0.3) is 0 Å². The van der Waals surface area contributed by atoms with Gasteiger partial charge in [-0.15, -0.1) is 6.58 Å². The first kappa shape index (κ1) is 12.0. The number of ether oxygens (including phenoxy) is 1. The fraction of sp³-hybridized carbons (Fsp3) is 0.385. The van der Waals surface area contributed by atoms with Gasteiger partial charge in [-0.2, -0.15) is 0 Å². The van der Waals surface area contributed by atoms with Crippen molar-refractivity contribution in [1.29, 1.82) is 0 Å². The number of hydrogen-bond donors (Lipinski definition) is 1. The summed E-state index contributed by atoms with van der Waals surface area (Å²) < 4.78 is 5.70. The molecule has 1 aromatic rings. The van der Waals surface area contributed by atoms with Crippen LogP contribution in [0.2, 0.25) is 0 Å². The highest BCUT2D eigenvalue weighted by Crippen LogP contribution is 2.16. The SMILES string of the molecule is C=C(C)CCOC(CN)c1ccccc1. The van der Waals surface area contributed by atoms with Crippen LogP contribution in [0, 0.1) is 0 Å². The normalized spacial score (nSPS) is 12.4. The van der Waals surface area contributed by atoms with E-state index in [1.54, 1.807) is 0 Å². The molecule has 1 rings (SSSR count). The summed E-state index contributed by atoms with van der Waals surface area (Å²) in [6.07, 6.45) is 0.897. The molecule has 15 heavy (non-hydrogen) atoms. The smallest absolute Gasteiger partial charge is 0.0947 e. The predicted octanol–water partition coefficient (Wildman–Crippen LogP) is 2.67. The van der Waals surface area contributed by atoms with E-state index in [0.29, 0.717) is 13.2 Å². The monoisotopic (exact) mass is 205 g/mol. The Morgan fingerprint density at radius 3 is 2.60 bits per heavy atom. The molecule has 0 aliphatic rings. The Hall–Kier alpha value is -1.12. The van der Waals surface area contributed by atoms with Crippen molar-refractivity contribution in [3.8, 4) is 0 Å². The minimum absolute atomic E-state index is 0.00514. The molecule has 0 amide bonds. The van der Waals surface area contributed by atoms with Crippen LogP contribution in [-0.4, -0.2) is 13.2 Å². The largest absolute Gasteiger partial charge is 0.372 e. The summed E-state index contributed by atoms with van der Waals surface area (Å²) >= 11 is 0. The second-order valence-corrected chi connectivity index (χ2v) is 3.71. The van der Waals surface area contributed by atoms with E-state index in [0.717, 1.165) is 17.6 Å². The maximum absolute atomic E-state index is 5.70. The average molecular weight is 205 g/mol. The van der Waals surface area contributed by atoms with Gasteiger partial charge in [0.15, 0.2) is 0 Å². The third-order valence-corrected chi connectivity index (χ3v) is 2.23. The van der Waals surface area contributed by atoms with Crippen molar-refractivity contribution in [3.63, 3.8) is 0 Å². The van der Waals surface area contributed by atoms with Crippen molar-refractivity contribution >= 4 is 0 Å². The van der Waals surface area contributed by atoms with Crippen molar-refractivity contribution in [2.45, 2.75) is 19.4 Å². The number of rotatable bonds is 6. The van der Waals surface area contributed by atoms with Gasteiger partial charge in [0.2, 0.25) is 0 Å². The summed E-state index contributed by atoms with van der Waals surface area (Å²) in [5, 5.41) is 0. The molecule has 0 aliphatic heterocycles. The second-order valence-electron chi connectivity index (χ2n) is 3.71. The maximum atomic E-state index is 5.70. The van der Waals surface area contributed by atoms with Crippen LogP contribution < -0.4 is 5.73 Å². The van der Waals surface area contributed by atoms with Crippen LogP contribution in [0.1, 0.15) is 25.0 Å². The van der Waals surface area contributed by atoms with Gasteiger partial charge in [0.1, 0.15) is 0 Å². The molecule has 0 radical (unpaired) electrons. The lowest BCUT2D eigenvalue weighted by atomic mass is 10.1. The van der Waals surface area contributed by atoms with Gasteiger partial charge >= 0.3 is 0 Å². The highest BCUT2D eigenvalue weighted by molar-refractivity contribution is 5.17. The Morgan fingerprint density at radius 2 is 2.07 bits per heavy atom. The standard InChI is InChI=1S/C13H19NO/c1-11(2)8-9-15-13(10-14)12-6-4-3-5-7-12/h3-7,13H,1,8-10,14H2,2H3. The molecule has 2 N–H and O–H groups in total. The Bertz CT molecular complexity index is 295. The zero-order valence-electron chi connectivity index (χ0n) is 9.28. The van der Waals surface area contributed by atoms with Gasteiger partial charge in [-0.05, 0) is 18.9 Å². The van der Waals surface area contributed by atoms with Crippen LogP contribution in [0.3, 0.4) is 0 Å². The molecule has 0 fully saturated rings. The molecule has 2 nitrogen and oxygen atoms in total. The first-order valence-corrected chi connectivity index (χ1v) is 5.25. The molecule has 0 bridgehead atoms. The minimum atomic E-state index is 0.00514. The summed E-state index contributed by atoms with van der Waals surface area (Å²) in [5.74, 6) is 0. The fourth-order valence-corrected chi connectivity index (χ4v) is 1.34. The van der Waals surface area contributed by atoms with Crippen LogP contribution in [0.5, 0.6) is 0 Å². The summed E-state index contributed by atoms with van der Waals surface area (Å²) in [6, 6.07) is 10.1. The van der Waals surface area contributed by atoms with Crippen LogP contribution in [0.4, 0.5) is 0 Å². The molecule has 0 aliphatic carbocycles. The molecule has 0 saturated heterocycles. The molecular weight excluding hydrogens is 186 g/mol. The molecule has 1 aromatic carbocycles. The summed E-state index contributed by atoms with van der Waals surface area (Å²) in [4.78, 5) is 0. The first-order chi connectivity index (χ1) is 7.24. The van der Waals surface area contributed by atoms with E-state index >= 15 is 0 Å². The quantitative estimate of drug-likeness (QED) is 0.725. The van der Waals surface area contributed by atoms with Crippen LogP contribution in [-0.2, 0) is 4.74 Å². The van der Waals surface area contributed by atoms with E-state index in [1.807, 2.05) is 37.3 Å². The molecule has 2 heteroatoms. The Balaban J connectivity index is 2.46. The van der Waals surface area contributed by atoms with Crippen LogP contribution in [0.15, 0.2) is 42.5 Å². The van der Waals surface area contributed by atoms with E-state index in [2.05, 4.69) is 6.58 Å². The number of benzene rings is 1. The number of hydrogen-bond acceptors (Lipinski definition) is 2. The highest BCUT2D eigenvalue weighted by Gasteiger charge is 2.08. The van der Waals surface area contributed by atoms with E-state index in [4.69, 9.17) is 10.5 Å². The maximum Gasteiger partial charge on any atom is 0.0947 e. The zero-order valence-corrected chi connectivity index (χ0v) is 9.28. The van der Waals surface area contributed by atoms with Gasteiger partial charge in [-0.25, -0.2) is 0 Å². The van der Waals surface area contributed by atoms with E-state index in [9.17, 15) is 0 Å². The van der Waals surface area contributed by atoms with Crippen molar-refractivity contribution in [1.82, 2.24) is 0 Å². The fourth-order valence-electron chi connectivity index (χ4n) is 1.34. The molecule has 0 heterocycles. The molecule has 0 spiro atoms. The van der Waals surface area contributed by atoms with Gasteiger partial charge < -0.3 is 10.5 Å². The Morgan fingerprint density at radius 1 is 1.40 bits per heavy atom. The minimum Gasteiger partial charge on any atom is -0.372 e. The Kier molecular flexibility index (Phi) is 5.08. The second kappa shape index (κ2) is 6.38. The molecule has 0 saturated carbocycles. The van der Waals surface area contributed by atoms with Crippen molar-refractivity contribution in [3.05, 3.63) is 48.0 Å². The third-order valence-electron chi connectivity index (χ3n) is 2.23. The number of nitrogens with two attached hydrogens (primary N) is 1. The molecule has 82 valence electrons. The summed E-state index contributed by atoms with van der Waals surface area (Å²) in [7, 11) is 0. The molecule has 1 unspecified atom stereocenters. The van der Waals surface area contributed by atoms with Crippen LogP contribution >= 0.6 is 0 Å². The van der Waals surface area contributed by atoms with Gasteiger partial charge in [0, 0.05) is 6.54 Å². The van der Waals surface area contributed by atoms with E-state index < -0.39 is 0 Å². The lowest BCUT2D eigenvalue weighted by Gasteiger charge is -2.16.